The van der Waals surface area contributed by atoms with E-state index >= 15 is 0 Å². The van der Waals surface area contributed by atoms with Crippen LogP contribution in [0.5, 0.6) is 0 Å². The molecule has 0 radical (unpaired) electrons. The number of fused-ring (bicyclic) bond motifs is 6. The van der Waals surface area contributed by atoms with Gasteiger partial charge in [-0.3, -0.25) is 0 Å². The molecule has 0 saturated carbocycles. The van der Waals surface area contributed by atoms with E-state index < -0.39 is 0 Å². The van der Waals surface area contributed by atoms with Crippen molar-refractivity contribution in [2.24, 2.45) is 0 Å². The van der Waals surface area contributed by atoms with Crippen molar-refractivity contribution in [2.45, 2.75) is 0 Å². The maximum absolute atomic E-state index is 11.0. The lowest BCUT2D eigenvalue weighted by atomic mass is 10.0. The van der Waals surface area contributed by atoms with Crippen molar-refractivity contribution in [3.8, 4) is 39.7 Å². The highest BCUT2D eigenvalue weighted by Gasteiger charge is 2.21. The zero-order valence-corrected chi connectivity index (χ0v) is 24.9. The molecule has 0 aliphatic rings. The molecule has 214 valence electrons. The first-order chi connectivity index (χ1) is 22.8. The Kier molecular flexibility index (Phi) is 5.88. The first-order valence-electron chi connectivity index (χ1n) is 15.5. The fraction of sp³-hybridized carbons (Fsp3) is 0. The van der Waals surface area contributed by atoms with Gasteiger partial charge in [-0.1, -0.05) is 127 Å². The molecule has 0 spiro atoms. The third-order valence-corrected chi connectivity index (χ3v) is 9.18. The molecule has 9 rings (SSSR count). The Hall–Kier alpha value is -6.37. The SMILES string of the molecule is N#Cc1c(-n2c3ccccc3c3ccc(-c4ccccc4)cc32)cccc1-n1c2ccccc2c2ccc(-c3ccccc3)cc21. The van der Waals surface area contributed by atoms with Crippen molar-refractivity contribution in [3.05, 3.63) is 169 Å². The van der Waals surface area contributed by atoms with E-state index in [9.17, 15) is 5.26 Å². The third kappa shape index (κ3) is 3.91. The molecule has 0 amide bonds. The number of para-hydroxylation sites is 2. The van der Waals surface area contributed by atoms with Gasteiger partial charge in [0.05, 0.1) is 33.4 Å². The molecule has 46 heavy (non-hydrogen) atoms. The molecule has 3 heteroatoms. The maximum Gasteiger partial charge on any atom is 0.104 e. The highest BCUT2D eigenvalue weighted by Crippen LogP contribution is 2.39. The van der Waals surface area contributed by atoms with Crippen LogP contribution in [0.25, 0.3) is 77.2 Å². The zero-order chi connectivity index (χ0) is 30.6. The van der Waals surface area contributed by atoms with Crippen molar-refractivity contribution in [1.29, 1.82) is 5.26 Å². The Balaban J connectivity index is 1.35. The van der Waals surface area contributed by atoms with Crippen LogP contribution in [0.1, 0.15) is 5.56 Å². The van der Waals surface area contributed by atoms with E-state index in [4.69, 9.17) is 0 Å². The number of aromatic nitrogens is 2. The smallest absolute Gasteiger partial charge is 0.104 e. The summed E-state index contributed by atoms with van der Waals surface area (Å²) in [5.41, 5.74) is 11.3. The lowest BCUT2D eigenvalue weighted by Crippen LogP contribution is -2.04. The van der Waals surface area contributed by atoms with Crippen LogP contribution in [0, 0.1) is 11.3 Å². The zero-order valence-electron chi connectivity index (χ0n) is 24.9. The molecule has 3 nitrogen and oxygen atoms in total. The van der Waals surface area contributed by atoms with Gasteiger partial charge in [0.2, 0.25) is 0 Å². The summed E-state index contributed by atoms with van der Waals surface area (Å²) in [6.45, 7) is 0. The first kappa shape index (κ1) is 26.1. The van der Waals surface area contributed by atoms with Crippen molar-refractivity contribution in [3.63, 3.8) is 0 Å². The molecular weight excluding hydrogens is 558 g/mol. The molecule has 2 aromatic heterocycles. The van der Waals surface area contributed by atoms with Gasteiger partial charge < -0.3 is 9.13 Å². The van der Waals surface area contributed by atoms with Crippen LogP contribution in [-0.4, -0.2) is 9.13 Å². The first-order valence-corrected chi connectivity index (χ1v) is 15.5. The summed E-state index contributed by atoms with van der Waals surface area (Å²) in [5, 5.41) is 15.6. The van der Waals surface area contributed by atoms with Crippen LogP contribution >= 0.6 is 0 Å². The highest BCUT2D eigenvalue weighted by molar-refractivity contribution is 6.12. The van der Waals surface area contributed by atoms with Gasteiger partial charge in [0, 0.05) is 21.5 Å². The Morgan fingerprint density at radius 1 is 0.348 bits per heavy atom. The van der Waals surface area contributed by atoms with Crippen molar-refractivity contribution < 1.29 is 0 Å². The minimum atomic E-state index is 0.628. The lowest BCUT2D eigenvalue weighted by molar-refractivity contribution is 1.12. The minimum Gasteiger partial charge on any atom is -0.308 e. The van der Waals surface area contributed by atoms with Crippen LogP contribution in [0.3, 0.4) is 0 Å². The van der Waals surface area contributed by atoms with Gasteiger partial charge in [-0.15, -0.1) is 0 Å². The molecule has 0 unspecified atom stereocenters. The third-order valence-electron chi connectivity index (χ3n) is 9.18. The summed E-state index contributed by atoms with van der Waals surface area (Å²) in [6, 6.07) is 60.1. The van der Waals surface area contributed by atoms with E-state index in [2.05, 4.69) is 167 Å². The minimum absolute atomic E-state index is 0.628. The second-order valence-electron chi connectivity index (χ2n) is 11.7. The number of benzene rings is 7. The lowest BCUT2D eigenvalue weighted by Gasteiger charge is -2.16. The molecule has 0 fully saturated rings. The average Bonchev–Trinajstić information content (AvgIpc) is 3.64. The molecule has 0 aliphatic carbocycles. The topological polar surface area (TPSA) is 33.6 Å². The fourth-order valence-electron chi connectivity index (χ4n) is 7.10. The summed E-state index contributed by atoms with van der Waals surface area (Å²) in [7, 11) is 0. The number of nitriles is 1. The van der Waals surface area contributed by atoms with Gasteiger partial charge in [0.15, 0.2) is 0 Å². The number of hydrogen-bond donors (Lipinski definition) is 0. The van der Waals surface area contributed by atoms with E-state index in [0.29, 0.717) is 5.56 Å². The standard InChI is InChI=1S/C43H27N3/c44-28-37-40(45-38-18-9-7-16-33(38)35-24-22-31(26-42(35)45)29-12-3-1-4-13-29)20-11-21-41(37)46-39-19-10-8-17-34(39)36-25-23-32(27-43(36)46)30-14-5-2-6-15-30/h1-27H. The fourth-order valence-corrected chi connectivity index (χ4v) is 7.10. The second kappa shape index (κ2) is 10.4. The van der Waals surface area contributed by atoms with Gasteiger partial charge >= 0.3 is 0 Å². The Labute approximate surface area is 266 Å². The van der Waals surface area contributed by atoms with Crippen molar-refractivity contribution >= 4 is 43.6 Å². The normalized spacial score (nSPS) is 11.5. The Bertz CT molecular complexity index is 2460. The van der Waals surface area contributed by atoms with E-state index in [1.165, 1.54) is 0 Å². The highest BCUT2D eigenvalue weighted by atomic mass is 15.0. The largest absolute Gasteiger partial charge is 0.308 e. The quantitative estimate of drug-likeness (QED) is 0.202. The molecule has 0 bridgehead atoms. The summed E-state index contributed by atoms with van der Waals surface area (Å²) >= 11 is 0. The molecule has 9 aromatic rings. The molecule has 2 heterocycles. The predicted octanol–water partition coefficient (Wildman–Crippen LogP) is 11.1. The number of hydrogen-bond acceptors (Lipinski definition) is 1. The van der Waals surface area contributed by atoms with Crippen molar-refractivity contribution in [2.75, 3.05) is 0 Å². The Morgan fingerprint density at radius 2 is 0.761 bits per heavy atom. The van der Waals surface area contributed by atoms with Crippen LogP contribution in [-0.2, 0) is 0 Å². The van der Waals surface area contributed by atoms with E-state index in [0.717, 1.165) is 77.2 Å². The van der Waals surface area contributed by atoms with Crippen LogP contribution in [0.15, 0.2) is 164 Å². The van der Waals surface area contributed by atoms with Crippen LogP contribution in [0.2, 0.25) is 0 Å². The van der Waals surface area contributed by atoms with Gasteiger partial charge in [-0.25, -0.2) is 0 Å². The predicted molar refractivity (Wildman–Crippen MR) is 191 cm³/mol. The number of nitrogens with zero attached hydrogens (tertiary/aromatic N) is 3. The van der Waals surface area contributed by atoms with Gasteiger partial charge in [0.25, 0.3) is 0 Å². The molecular formula is C43H27N3. The molecule has 0 N–H and O–H groups in total. The van der Waals surface area contributed by atoms with Crippen molar-refractivity contribution in [1.82, 2.24) is 9.13 Å². The molecule has 0 aliphatic heterocycles. The van der Waals surface area contributed by atoms with E-state index in [-0.39, 0.29) is 0 Å². The molecule has 0 atom stereocenters. The summed E-state index contributed by atoms with van der Waals surface area (Å²) in [5.74, 6) is 0. The average molecular weight is 586 g/mol. The summed E-state index contributed by atoms with van der Waals surface area (Å²) < 4.78 is 4.53. The van der Waals surface area contributed by atoms with Gasteiger partial charge in [-0.05, 0) is 58.7 Å². The van der Waals surface area contributed by atoms with E-state index in [1.807, 2.05) is 12.1 Å². The number of rotatable bonds is 4. The second-order valence-corrected chi connectivity index (χ2v) is 11.7. The summed E-state index contributed by atoms with van der Waals surface area (Å²) in [6.07, 6.45) is 0. The van der Waals surface area contributed by atoms with E-state index in [1.54, 1.807) is 0 Å². The molecule has 0 saturated heterocycles. The summed E-state index contributed by atoms with van der Waals surface area (Å²) in [4.78, 5) is 0. The molecule has 7 aromatic carbocycles. The van der Waals surface area contributed by atoms with Gasteiger partial charge in [0.1, 0.15) is 11.6 Å². The maximum atomic E-state index is 11.0. The monoisotopic (exact) mass is 585 g/mol. The van der Waals surface area contributed by atoms with Gasteiger partial charge in [-0.2, -0.15) is 5.26 Å². The van der Waals surface area contributed by atoms with Crippen LogP contribution < -0.4 is 0 Å². The van der Waals surface area contributed by atoms with Crippen LogP contribution in [0.4, 0.5) is 0 Å². The Morgan fingerprint density at radius 3 is 1.22 bits per heavy atom.